The minimum atomic E-state index is -4.67. The number of carbonyl (C=O) groups is 1. The van der Waals surface area contributed by atoms with Gasteiger partial charge in [0.25, 0.3) is 5.91 Å². The second-order valence-corrected chi connectivity index (χ2v) is 5.95. The van der Waals surface area contributed by atoms with E-state index in [9.17, 15) is 18.0 Å². The summed E-state index contributed by atoms with van der Waals surface area (Å²) in [4.78, 5) is 12.4. The van der Waals surface area contributed by atoms with Gasteiger partial charge >= 0.3 is 6.18 Å². The van der Waals surface area contributed by atoms with E-state index in [0.29, 0.717) is 5.76 Å². The highest BCUT2D eigenvalue weighted by atomic mass is 19.4. The molecule has 1 fully saturated rings. The van der Waals surface area contributed by atoms with Gasteiger partial charge in [0.05, 0.1) is 24.4 Å². The Bertz CT molecular complexity index is 714. The Morgan fingerprint density at radius 3 is 2.71 bits per heavy atom. The maximum Gasteiger partial charge on any atom is 0.435 e. The first-order chi connectivity index (χ1) is 11.4. The summed E-state index contributed by atoms with van der Waals surface area (Å²) in [6.07, 6.45) is 0.259. The topological polar surface area (TPSA) is 60.1 Å². The van der Waals surface area contributed by atoms with Gasteiger partial charge in [-0.05, 0) is 31.9 Å². The number of aromatic nitrogens is 2. The third-order valence-electron chi connectivity index (χ3n) is 4.32. The van der Waals surface area contributed by atoms with E-state index in [4.69, 9.17) is 4.42 Å². The summed E-state index contributed by atoms with van der Waals surface area (Å²) in [5, 5.41) is 6.21. The SMILES string of the molecule is Cc1c(C(=O)NCc2ccco2)c(C(F)(F)F)nn1C1CCCC1. The van der Waals surface area contributed by atoms with Crippen LogP contribution in [-0.4, -0.2) is 15.7 Å². The Hall–Kier alpha value is -2.25. The molecule has 0 bridgehead atoms. The lowest BCUT2D eigenvalue weighted by Gasteiger charge is -2.12. The first-order valence-corrected chi connectivity index (χ1v) is 7.85. The number of halogens is 3. The highest BCUT2D eigenvalue weighted by molar-refractivity contribution is 5.96. The van der Waals surface area contributed by atoms with Crippen molar-refractivity contribution in [3.8, 4) is 0 Å². The Morgan fingerprint density at radius 2 is 2.12 bits per heavy atom. The molecule has 5 nitrogen and oxygen atoms in total. The van der Waals surface area contributed by atoms with Gasteiger partial charge < -0.3 is 9.73 Å². The molecule has 0 saturated heterocycles. The van der Waals surface area contributed by atoms with Crippen molar-refractivity contribution < 1.29 is 22.4 Å². The predicted molar refractivity (Wildman–Crippen MR) is 79.3 cm³/mol. The van der Waals surface area contributed by atoms with Gasteiger partial charge in [0, 0.05) is 5.69 Å². The second-order valence-electron chi connectivity index (χ2n) is 5.95. The summed E-state index contributed by atoms with van der Waals surface area (Å²) in [6.45, 7) is 1.54. The maximum atomic E-state index is 13.3. The number of furan rings is 1. The molecule has 1 saturated carbocycles. The van der Waals surface area contributed by atoms with Gasteiger partial charge in [0.15, 0.2) is 5.69 Å². The van der Waals surface area contributed by atoms with Crippen LogP contribution in [0.15, 0.2) is 22.8 Å². The number of hydrogen-bond donors (Lipinski definition) is 1. The molecular formula is C16H18F3N3O2. The van der Waals surface area contributed by atoms with E-state index < -0.39 is 23.3 Å². The molecule has 130 valence electrons. The van der Waals surface area contributed by atoms with Crippen LogP contribution in [0.5, 0.6) is 0 Å². The zero-order valence-corrected chi connectivity index (χ0v) is 13.2. The van der Waals surface area contributed by atoms with Crippen molar-refractivity contribution in [2.45, 2.75) is 51.4 Å². The Morgan fingerprint density at radius 1 is 1.42 bits per heavy atom. The summed E-state index contributed by atoms with van der Waals surface area (Å²) < 4.78 is 46.4. The molecule has 0 unspecified atom stereocenters. The molecule has 1 aliphatic carbocycles. The van der Waals surface area contributed by atoms with Crippen LogP contribution in [0.25, 0.3) is 0 Å². The summed E-state index contributed by atoms with van der Waals surface area (Å²) >= 11 is 0. The molecule has 0 atom stereocenters. The second kappa shape index (κ2) is 6.33. The third kappa shape index (κ3) is 3.18. The average Bonchev–Trinajstić information content (AvgIpc) is 3.24. The number of nitrogens with zero attached hydrogens (tertiary/aromatic N) is 2. The highest BCUT2D eigenvalue weighted by Crippen LogP contribution is 2.36. The van der Waals surface area contributed by atoms with Crippen LogP contribution in [0.3, 0.4) is 0 Å². The van der Waals surface area contributed by atoms with Crippen molar-refractivity contribution in [1.29, 1.82) is 0 Å². The van der Waals surface area contributed by atoms with Gasteiger partial charge in [-0.25, -0.2) is 0 Å². The molecule has 0 aromatic carbocycles. The van der Waals surface area contributed by atoms with Crippen LogP contribution in [0, 0.1) is 6.92 Å². The van der Waals surface area contributed by atoms with Crippen molar-refractivity contribution in [1.82, 2.24) is 15.1 Å². The zero-order chi connectivity index (χ0) is 17.3. The molecule has 3 rings (SSSR count). The van der Waals surface area contributed by atoms with E-state index in [2.05, 4.69) is 10.4 Å². The van der Waals surface area contributed by atoms with Crippen LogP contribution >= 0.6 is 0 Å². The van der Waals surface area contributed by atoms with Crippen molar-refractivity contribution in [2.75, 3.05) is 0 Å². The molecule has 0 aliphatic heterocycles. The molecule has 2 heterocycles. The highest BCUT2D eigenvalue weighted by Gasteiger charge is 2.41. The van der Waals surface area contributed by atoms with Crippen LogP contribution in [0.1, 0.15) is 59.2 Å². The first-order valence-electron chi connectivity index (χ1n) is 7.85. The van der Waals surface area contributed by atoms with E-state index in [-0.39, 0.29) is 18.3 Å². The van der Waals surface area contributed by atoms with Gasteiger partial charge in [-0.1, -0.05) is 12.8 Å². The van der Waals surface area contributed by atoms with Gasteiger partial charge in [0.2, 0.25) is 0 Å². The molecule has 2 aromatic rings. The van der Waals surface area contributed by atoms with E-state index in [1.807, 2.05) is 0 Å². The Kier molecular flexibility index (Phi) is 4.38. The number of carbonyl (C=O) groups excluding carboxylic acids is 1. The van der Waals surface area contributed by atoms with E-state index in [1.165, 1.54) is 17.9 Å². The largest absolute Gasteiger partial charge is 0.467 e. The van der Waals surface area contributed by atoms with Crippen LogP contribution in [0.2, 0.25) is 0 Å². The number of amides is 1. The fourth-order valence-electron chi connectivity index (χ4n) is 3.16. The van der Waals surface area contributed by atoms with Crippen molar-refractivity contribution in [2.24, 2.45) is 0 Å². The summed E-state index contributed by atoms with van der Waals surface area (Å²) in [5.74, 6) is -0.321. The van der Waals surface area contributed by atoms with Gasteiger partial charge in [-0.15, -0.1) is 0 Å². The molecule has 8 heteroatoms. The maximum absolute atomic E-state index is 13.3. The van der Waals surface area contributed by atoms with Gasteiger partial charge in [-0.3, -0.25) is 9.48 Å². The minimum Gasteiger partial charge on any atom is -0.467 e. The van der Waals surface area contributed by atoms with Crippen molar-refractivity contribution in [3.05, 3.63) is 41.1 Å². The van der Waals surface area contributed by atoms with Gasteiger partial charge in [-0.2, -0.15) is 18.3 Å². The molecule has 0 radical (unpaired) electrons. The quantitative estimate of drug-likeness (QED) is 0.919. The van der Waals surface area contributed by atoms with Crippen molar-refractivity contribution in [3.63, 3.8) is 0 Å². The fraction of sp³-hybridized carbons (Fsp3) is 0.500. The standard InChI is InChI=1S/C16H18F3N3O2/c1-10-13(15(23)20-9-12-7-4-8-24-12)14(16(17,18)19)21-22(10)11-5-2-3-6-11/h4,7-8,11H,2-3,5-6,9H2,1H3,(H,20,23). The molecule has 2 aromatic heterocycles. The van der Waals surface area contributed by atoms with Crippen LogP contribution in [0.4, 0.5) is 13.2 Å². The Balaban J connectivity index is 1.90. The van der Waals surface area contributed by atoms with Crippen LogP contribution in [-0.2, 0) is 12.7 Å². The summed E-state index contributed by atoms with van der Waals surface area (Å²) in [6, 6.07) is 3.21. The molecular weight excluding hydrogens is 323 g/mol. The lowest BCUT2D eigenvalue weighted by molar-refractivity contribution is -0.141. The smallest absolute Gasteiger partial charge is 0.435 e. The first kappa shape index (κ1) is 16.6. The minimum absolute atomic E-state index is 0.0250. The molecule has 1 N–H and O–H groups in total. The average molecular weight is 341 g/mol. The summed E-state index contributed by atoms with van der Waals surface area (Å²) in [5.41, 5.74) is -1.27. The van der Waals surface area contributed by atoms with E-state index >= 15 is 0 Å². The lowest BCUT2D eigenvalue weighted by atomic mass is 10.1. The fourth-order valence-corrected chi connectivity index (χ4v) is 3.16. The molecule has 1 amide bonds. The van der Waals surface area contributed by atoms with Crippen LogP contribution < -0.4 is 5.32 Å². The number of rotatable bonds is 4. The Labute approximate surface area is 136 Å². The van der Waals surface area contributed by atoms with E-state index in [0.717, 1.165) is 25.7 Å². The normalized spacial score (nSPS) is 15.8. The number of nitrogens with one attached hydrogen (secondary N) is 1. The van der Waals surface area contributed by atoms with Crippen molar-refractivity contribution >= 4 is 5.91 Å². The zero-order valence-electron chi connectivity index (χ0n) is 13.2. The molecule has 24 heavy (non-hydrogen) atoms. The lowest BCUT2D eigenvalue weighted by Crippen LogP contribution is -2.26. The number of alkyl halides is 3. The molecule has 0 spiro atoms. The van der Waals surface area contributed by atoms with Gasteiger partial charge in [0.1, 0.15) is 5.76 Å². The molecule has 1 aliphatic rings. The monoisotopic (exact) mass is 341 g/mol. The number of hydrogen-bond acceptors (Lipinski definition) is 3. The predicted octanol–water partition coefficient (Wildman–Crippen LogP) is 3.85. The van der Waals surface area contributed by atoms with E-state index in [1.54, 1.807) is 12.1 Å². The summed E-state index contributed by atoms with van der Waals surface area (Å²) in [7, 11) is 0. The third-order valence-corrected chi connectivity index (χ3v) is 4.32.